The zero-order valence-corrected chi connectivity index (χ0v) is 9.28. The van der Waals surface area contributed by atoms with Crippen molar-refractivity contribution in [1.29, 1.82) is 0 Å². The summed E-state index contributed by atoms with van der Waals surface area (Å²) < 4.78 is 0. The summed E-state index contributed by atoms with van der Waals surface area (Å²) in [4.78, 5) is 4.48. The summed E-state index contributed by atoms with van der Waals surface area (Å²) >= 11 is 0. The van der Waals surface area contributed by atoms with Crippen molar-refractivity contribution in [2.24, 2.45) is 0 Å². The number of anilines is 2. The summed E-state index contributed by atoms with van der Waals surface area (Å²) in [6.45, 7) is 8.82. The normalized spacial score (nSPS) is 16.0. The molecule has 0 bridgehead atoms. The van der Waals surface area contributed by atoms with Gasteiger partial charge >= 0.3 is 0 Å². The van der Waals surface area contributed by atoms with E-state index in [4.69, 9.17) is 0 Å². The largest absolute Gasteiger partial charge is 0.349 e. The fourth-order valence-corrected chi connectivity index (χ4v) is 1.80. The van der Waals surface area contributed by atoms with Crippen molar-refractivity contribution in [2.75, 3.05) is 16.8 Å². The van der Waals surface area contributed by atoms with E-state index in [0.29, 0.717) is 0 Å². The first kappa shape index (κ1) is 9.38. The standard InChI is InChI=1S/C12H17N2/c1-12(2,3)14-9-13(4)10-7-5-6-8-11(10)14/h5-9H,1-4H3. The van der Waals surface area contributed by atoms with Crippen molar-refractivity contribution in [2.45, 2.75) is 26.3 Å². The third-order valence-corrected chi connectivity index (χ3v) is 2.53. The van der Waals surface area contributed by atoms with Crippen LogP contribution in [-0.2, 0) is 0 Å². The molecule has 14 heavy (non-hydrogen) atoms. The Hall–Kier alpha value is -1.18. The van der Waals surface area contributed by atoms with Gasteiger partial charge < -0.3 is 9.80 Å². The molecule has 0 aliphatic carbocycles. The number of nitrogens with zero attached hydrogens (tertiary/aromatic N) is 2. The van der Waals surface area contributed by atoms with E-state index in [0.717, 1.165) is 0 Å². The van der Waals surface area contributed by atoms with Gasteiger partial charge in [0.1, 0.15) is 6.67 Å². The Bertz CT molecular complexity index is 338. The average molecular weight is 189 g/mol. The van der Waals surface area contributed by atoms with Crippen molar-refractivity contribution >= 4 is 11.4 Å². The molecule has 1 aromatic rings. The molecule has 0 saturated heterocycles. The van der Waals surface area contributed by atoms with Crippen LogP contribution in [0.4, 0.5) is 11.4 Å². The predicted octanol–water partition coefficient (Wildman–Crippen LogP) is 2.86. The van der Waals surface area contributed by atoms with Crippen LogP contribution in [0.2, 0.25) is 0 Å². The zero-order valence-electron chi connectivity index (χ0n) is 9.28. The highest BCUT2D eigenvalue weighted by Crippen LogP contribution is 2.40. The smallest absolute Gasteiger partial charge is 0.142 e. The Morgan fingerprint density at radius 2 is 1.57 bits per heavy atom. The van der Waals surface area contributed by atoms with Gasteiger partial charge in [-0.15, -0.1) is 0 Å². The zero-order chi connectivity index (χ0) is 10.3. The number of para-hydroxylation sites is 2. The quantitative estimate of drug-likeness (QED) is 0.619. The monoisotopic (exact) mass is 189 g/mol. The van der Waals surface area contributed by atoms with E-state index in [-0.39, 0.29) is 5.54 Å². The van der Waals surface area contributed by atoms with E-state index in [1.165, 1.54) is 11.4 Å². The first-order valence-corrected chi connectivity index (χ1v) is 4.96. The van der Waals surface area contributed by atoms with E-state index >= 15 is 0 Å². The van der Waals surface area contributed by atoms with E-state index in [1.54, 1.807) is 0 Å². The van der Waals surface area contributed by atoms with Crippen molar-refractivity contribution < 1.29 is 0 Å². The van der Waals surface area contributed by atoms with Crippen molar-refractivity contribution in [3.8, 4) is 0 Å². The molecular weight excluding hydrogens is 172 g/mol. The van der Waals surface area contributed by atoms with E-state index in [9.17, 15) is 0 Å². The molecule has 2 nitrogen and oxygen atoms in total. The molecule has 1 heterocycles. The van der Waals surface area contributed by atoms with Crippen LogP contribution in [-0.4, -0.2) is 12.6 Å². The first-order chi connectivity index (χ1) is 6.50. The maximum Gasteiger partial charge on any atom is 0.142 e. The van der Waals surface area contributed by atoms with Crippen LogP contribution in [0.25, 0.3) is 0 Å². The van der Waals surface area contributed by atoms with Gasteiger partial charge in [-0.2, -0.15) is 0 Å². The summed E-state index contributed by atoms with van der Waals surface area (Å²) in [5, 5.41) is 0. The molecule has 0 aromatic heterocycles. The Balaban J connectivity index is 2.44. The van der Waals surface area contributed by atoms with Crippen molar-refractivity contribution in [3.05, 3.63) is 30.9 Å². The average Bonchev–Trinajstić information content (AvgIpc) is 2.44. The molecule has 0 saturated carbocycles. The molecule has 0 unspecified atom stereocenters. The van der Waals surface area contributed by atoms with E-state index in [2.05, 4.69) is 68.6 Å². The molecule has 1 aliphatic rings. The number of hydrogen-bond acceptors (Lipinski definition) is 2. The summed E-state index contributed by atoms with van der Waals surface area (Å²) in [5.41, 5.74) is 2.71. The lowest BCUT2D eigenvalue weighted by Crippen LogP contribution is -2.39. The van der Waals surface area contributed by atoms with E-state index in [1.807, 2.05) is 0 Å². The molecule has 1 radical (unpaired) electrons. The molecule has 75 valence electrons. The Labute approximate surface area is 86.1 Å². The Kier molecular flexibility index (Phi) is 1.95. The van der Waals surface area contributed by atoms with Gasteiger partial charge in [-0.25, -0.2) is 0 Å². The SMILES string of the molecule is CN1[CH]N(C(C)(C)C)c2ccccc21. The van der Waals surface area contributed by atoms with Gasteiger partial charge in [-0.1, -0.05) is 12.1 Å². The van der Waals surface area contributed by atoms with Crippen LogP contribution in [0.3, 0.4) is 0 Å². The molecule has 0 N–H and O–H groups in total. The van der Waals surface area contributed by atoms with Gasteiger partial charge in [0.2, 0.25) is 0 Å². The second-order valence-electron chi connectivity index (χ2n) is 4.76. The lowest BCUT2D eigenvalue weighted by Gasteiger charge is -2.33. The number of hydrogen-bond donors (Lipinski definition) is 0. The highest BCUT2D eigenvalue weighted by atomic mass is 15.4. The lowest BCUT2D eigenvalue weighted by atomic mass is 10.1. The topological polar surface area (TPSA) is 6.48 Å². The summed E-state index contributed by atoms with van der Waals surface area (Å²) in [7, 11) is 2.09. The van der Waals surface area contributed by atoms with Crippen molar-refractivity contribution in [1.82, 2.24) is 0 Å². The molecule has 0 fully saturated rings. The number of fused-ring (bicyclic) bond motifs is 1. The summed E-state index contributed by atoms with van der Waals surface area (Å²) in [6.07, 6.45) is 0. The van der Waals surface area contributed by atoms with Crippen LogP contribution in [0.5, 0.6) is 0 Å². The summed E-state index contributed by atoms with van der Waals surface area (Å²) in [6, 6.07) is 8.48. The van der Waals surface area contributed by atoms with Crippen LogP contribution in [0, 0.1) is 6.67 Å². The van der Waals surface area contributed by atoms with Crippen LogP contribution in [0.15, 0.2) is 24.3 Å². The third-order valence-electron chi connectivity index (χ3n) is 2.53. The van der Waals surface area contributed by atoms with Gasteiger partial charge in [0.25, 0.3) is 0 Å². The maximum absolute atomic E-state index is 2.31. The number of rotatable bonds is 0. The minimum Gasteiger partial charge on any atom is -0.349 e. The van der Waals surface area contributed by atoms with Gasteiger partial charge in [0, 0.05) is 12.6 Å². The first-order valence-electron chi connectivity index (χ1n) is 4.96. The highest BCUT2D eigenvalue weighted by molar-refractivity contribution is 5.78. The minimum absolute atomic E-state index is 0.140. The number of benzene rings is 1. The van der Waals surface area contributed by atoms with Crippen molar-refractivity contribution in [3.63, 3.8) is 0 Å². The Morgan fingerprint density at radius 1 is 1.00 bits per heavy atom. The molecular formula is C12H17N2. The van der Waals surface area contributed by atoms with Crippen LogP contribution < -0.4 is 9.80 Å². The lowest BCUT2D eigenvalue weighted by molar-refractivity contribution is 0.541. The predicted molar refractivity (Wildman–Crippen MR) is 61.4 cm³/mol. The fourth-order valence-electron chi connectivity index (χ4n) is 1.80. The fraction of sp³-hybridized carbons (Fsp3) is 0.417. The molecule has 0 spiro atoms. The summed E-state index contributed by atoms with van der Waals surface area (Å²) in [5.74, 6) is 0. The molecule has 1 aromatic carbocycles. The molecule has 2 rings (SSSR count). The molecule has 0 atom stereocenters. The van der Waals surface area contributed by atoms with Crippen LogP contribution in [0.1, 0.15) is 20.8 Å². The minimum atomic E-state index is 0.140. The van der Waals surface area contributed by atoms with Gasteiger partial charge in [0.05, 0.1) is 11.4 Å². The van der Waals surface area contributed by atoms with Gasteiger partial charge in [-0.3, -0.25) is 0 Å². The van der Waals surface area contributed by atoms with E-state index < -0.39 is 0 Å². The Morgan fingerprint density at radius 3 is 2.14 bits per heavy atom. The second kappa shape index (κ2) is 2.91. The maximum atomic E-state index is 2.31. The molecule has 1 aliphatic heterocycles. The van der Waals surface area contributed by atoms with Crippen LogP contribution >= 0.6 is 0 Å². The van der Waals surface area contributed by atoms with Gasteiger partial charge in [-0.05, 0) is 32.9 Å². The highest BCUT2D eigenvalue weighted by Gasteiger charge is 2.31. The van der Waals surface area contributed by atoms with Gasteiger partial charge in [0.15, 0.2) is 0 Å². The third kappa shape index (κ3) is 1.35. The second-order valence-corrected chi connectivity index (χ2v) is 4.76. The molecule has 2 heteroatoms. The molecule has 0 amide bonds.